The van der Waals surface area contributed by atoms with Gasteiger partial charge in [-0.25, -0.2) is 0 Å². The third-order valence-corrected chi connectivity index (χ3v) is 3.80. The molecule has 1 atom stereocenters. The molecule has 21 heavy (non-hydrogen) atoms. The van der Waals surface area contributed by atoms with Gasteiger partial charge in [-0.3, -0.25) is 19.3 Å². The molecule has 0 radical (unpaired) electrons. The fourth-order valence-corrected chi connectivity index (χ4v) is 2.00. The maximum absolute atomic E-state index is 12.1. The minimum absolute atomic E-state index is 0.260. The van der Waals surface area contributed by atoms with Crippen molar-refractivity contribution in [2.75, 3.05) is 12.4 Å². The predicted molar refractivity (Wildman–Crippen MR) is 75.5 cm³/mol. The SMILES string of the molecule is CCC(C)(C#N)C(=O)Nc1ccc2c(c1)C(=O)N(C)C2=O. The molecule has 1 heterocycles. The molecule has 1 aliphatic heterocycles. The summed E-state index contributed by atoms with van der Waals surface area (Å²) in [7, 11) is 1.41. The molecule has 2 rings (SSSR count). The van der Waals surface area contributed by atoms with Crippen LogP contribution in [0.15, 0.2) is 18.2 Å². The van der Waals surface area contributed by atoms with E-state index in [-0.39, 0.29) is 11.5 Å². The summed E-state index contributed by atoms with van der Waals surface area (Å²) in [6, 6.07) is 6.50. The van der Waals surface area contributed by atoms with Gasteiger partial charge in [-0.05, 0) is 31.5 Å². The second-order valence-electron chi connectivity index (χ2n) is 5.18. The number of hydrogen-bond acceptors (Lipinski definition) is 4. The second-order valence-corrected chi connectivity index (χ2v) is 5.18. The number of carbonyl (C=O) groups is 3. The highest BCUT2D eigenvalue weighted by Crippen LogP contribution is 2.27. The van der Waals surface area contributed by atoms with Gasteiger partial charge in [0.2, 0.25) is 5.91 Å². The molecule has 1 aliphatic rings. The Balaban J connectivity index is 2.30. The van der Waals surface area contributed by atoms with Gasteiger partial charge in [0.25, 0.3) is 11.8 Å². The minimum Gasteiger partial charge on any atom is -0.325 e. The van der Waals surface area contributed by atoms with Crippen LogP contribution in [0.2, 0.25) is 0 Å². The van der Waals surface area contributed by atoms with E-state index in [1.807, 2.05) is 6.07 Å². The number of nitrogens with one attached hydrogen (secondary N) is 1. The zero-order valence-electron chi connectivity index (χ0n) is 12.1. The summed E-state index contributed by atoms with van der Waals surface area (Å²) in [5, 5.41) is 11.7. The van der Waals surface area contributed by atoms with Crippen molar-refractivity contribution in [1.29, 1.82) is 5.26 Å². The van der Waals surface area contributed by atoms with Crippen molar-refractivity contribution < 1.29 is 14.4 Å². The monoisotopic (exact) mass is 285 g/mol. The first kappa shape index (κ1) is 14.7. The van der Waals surface area contributed by atoms with Crippen molar-refractivity contribution in [3.8, 4) is 6.07 Å². The Labute approximate surface area is 122 Å². The molecule has 0 fully saturated rings. The van der Waals surface area contributed by atoms with E-state index < -0.39 is 17.2 Å². The Morgan fingerprint density at radius 1 is 1.33 bits per heavy atom. The molecular weight excluding hydrogens is 270 g/mol. The quantitative estimate of drug-likeness (QED) is 0.857. The van der Waals surface area contributed by atoms with Crippen LogP contribution < -0.4 is 5.32 Å². The van der Waals surface area contributed by atoms with Crippen LogP contribution in [0.4, 0.5) is 5.69 Å². The van der Waals surface area contributed by atoms with E-state index in [9.17, 15) is 14.4 Å². The normalized spacial score (nSPS) is 16.2. The first-order chi connectivity index (χ1) is 9.84. The molecule has 0 spiro atoms. The van der Waals surface area contributed by atoms with Gasteiger partial charge in [0, 0.05) is 12.7 Å². The summed E-state index contributed by atoms with van der Waals surface area (Å²) in [6.45, 7) is 3.31. The Kier molecular flexibility index (Phi) is 3.52. The number of rotatable bonds is 3. The molecule has 1 unspecified atom stereocenters. The molecule has 0 aromatic heterocycles. The maximum atomic E-state index is 12.1. The number of amides is 3. The van der Waals surface area contributed by atoms with Gasteiger partial charge >= 0.3 is 0 Å². The highest BCUT2D eigenvalue weighted by Gasteiger charge is 2.34. The lowest BCUT2D eigenvalue weighted by Gasteiger charge is -2.18. The van der Waals surface area contributed by atoms with Crippen molar-refractivity contribution in [3.05, 3.63) is 29.3 Å². The van der Waals surface area contributed by atoms with Crippen LogP contribution in [0.25, 0.3) is 0 Å². The Bertz CT molecular complexity index is 690. The molecular formula is C15H15N3O3. The predicted octanol–water partition coefficient (Wildman–Crippen LogP) is 1.79. The van der Waals surface area contributed by atoms with Crippen molar-refractivity contribution in [1.82, 2.24) is 4.90 Å². The number of imide groups is 1. The Morgan fingerprint density at radius 2 is 1.95 bits per heavy atom. The average Bonchev–Trinajstić information content (AvgIpc) is 2.71. The lowest BCUT2D eigenvalue weighted by molar-refractivity contribution is -0.122. The van der Waals surface area contributed by atoms with Crippen LogP contribution in [0.3, 0.4) is 0 Å². The van der Waals surface area contributed by atoms with Gasteiger partial charge in [-0.1, -0.05) is 6.92 Å². The smallest absolute Gasteiger partial charge is 0.261 e. The van der Waals surface area contributed by atoms with Crippen molar-refractivity contribution >= 4 is 23.4 Å². The standard InChI is InChI=1S/C15H15N3O3/c1-4-15(2,8-16)14(21)17-9-5-6-10-11(7-9)13(20)18(3)12(10)19/h5-7H,4H2,1-3H3,(H,17,21). The first-order valence-corrected chi connectivity index (χ1v) is 6.53. The van der Waals surface area contributed by atoms with Crippen LogP contribution in [0.1, 0.15) is 41.0 Å². The van der Waals surface area contributed by atoms with Gasteiger partial charge in [0.1, 0.15) is 5.41 Å². The third-order valence-electron chi connectivity index (χ3n) is 3.80. The molecule has 1 N–H and O–H groups in total. The molecule has 3 amide bonds. The van der Waals surface area contributed by atoms with E-state index >= 15 is 0 Å². The molecule has 0 aliphatic carbocycles. The van der Waals surface area contributed by atoms with E-state index in [0.29, 0.717) is 17.7 Å². The van der Waals surface area contributed by atoms with Gasteiger partial charge in [-0.2, -0.15) is 5.26 Å². The number of fused-ring (bicyclic) bond motifs is 1. The zero-order chi connectivity index (χ0) is 15.8. The summed E-state index contributed by atoms with van der Waals surface area (Å²) in [6.07, 6.45) is 0.375. The molecule has 6 nitrogen and oxygen atoms in total. The van der Waals surface area contributed by atoms with E-state index in [1.165, 1.54) is 19.2 Å². The largest absolute Gasteiger partial charge is 0.325 e. The average molecular weight is 285 g/mol. The lowest BCUT2D eigenvalue weighted by atomic mass is 9.88. The molecule has 1 aromatic carbocycles. The van der Waals surface area contributed by atoms with Crippen LogP contribution in [0.5, 0.6) is 0 Å². The van der Waals surface area contributed by atoms with Crippen LogP contribution in [-0.4, -0.2) is 29.7 Å². The molecule has 0 saturated carbocycles. The second kappa shape index (κ2) is 5.02. The summed E-state index contributed by atoms with van der Waals surface area (Å²) in [4.78, 5) is 36.8. The summed E-state index contributed by atoms with van der Waals surface area (Å²) in [5.41, 5.74) is -0.157. The lowest BCUT2D eigenvalue weighted by Crippen LogP contribution is -2.31. The van der Waals surface area contributed by atoms with Crippen LogP contribution >= 0.6 is 0 Å². The van der Waals surface area contributed by atoms with E-state index in [0.717, 1.165) is 4.90 Å². The van der Waals surface area contributed by atoms with Gasteiger partial charge in [0.15, 0.2) is 0 Å². The molecule has 0 saturated heterocycles. The number of carbonyl (C=O) groups excluding carboxylic acids is 3. The molecule has 0 bridgehead atoms. The topological polar surface area (TPSA) is 90.3 Å². The molecule has 1 aromatic rings. The third kappa shape index (κ3) is 2.27. The van der Waals surface area contributed by atoms with Crippen molar-refractivity contribution in [3.63, 3.8) is 0 Å². The minimum atomic E-state index is -1.13. The van der Waals surface area contributed by atoms with Crippen molar-refractivity contribution in [2.45, 2.75) is 20.3 Å². The van der Waals surface area contributed by atoms with Crippen molar-refractivity contribution in [2.24, 2.45) is 5.41 Å². The summed E-state index contributed by atoms with van der Waals surface area (Å²) < 4.78 is 0. The van der Waals surface area contributed by atoms with E-state index in [2.05, 4.69) is 5.32 Å². The first-order valence-electron chi connectivity index (χ1n) is 6.53. The van der Waals surface area contributed by atoms with E-state index in [4.69, 9.17) is 5.26 Å². The Hall–Kier alpha value is -2.68. The number of benzene rings is 1. The number of nitrogens with zero attached hydrogens (tertiary/aromatic N) is 2. The summed E-state index contributed by atoms with van der Waals surface area (Å²) >= 11 is 0. The number of nitriles is 1. The van der Waals surface area contributed by atoms with Gasteiger partial charge in [-0.15, -0.1) is 0 Å². The Morgan fingerprint density at radius 3 is 2.52 bits per heavy atom. The maximum Gasteiger partial charge on any atom is 0.261 e. The number of hydrogen-bond donors (Lipinski definition) is 1. The highest BCUT2D eigenvalue weighted by atomic mass is 16.2. The summed E-state index contributed by atoms with van der Waals surface area (Å²) in [5.74, 6) is -1.19. The fraction of sp³-hybridized carbons (Fsp3) is 0.333. The molecule has 108 valence electrons. The van der Waals surface area contributed by atoms with Gasteiger partial charge < -0.3 is 5.32 Å². The van der Waals surface area contributed by atoms with Crippen LogP contribution in [0, 0.1) is 16.7 Å². The molecule has 6 heteroatoms. The van der Waals surface area contributed by atoms with Gasteiger partial charge in [0.05, 0.1) is 17.2 Å². The fourth-order valence-electron chi connectivity index (χ4n) is 2.00. The van der Waals surface area contributed by atoms with E-state index in [1.54, 1.807) is 19.9 Å². The highest BCUT2D eigenvalue weighted by molar-refractivity contribution is 6.21. The van der Waals surface area contributed by atoms with Crippen LogP contribution in [-0.2, 0) is 4.79 Å². The number of anilines is 1. The zero-order valence-corrected chi connectivity index (χ0v) is 12.1.